The monoisotopic (exact) mass is 365 g/mol. The second-order valence-corrected chi connectivity index (χ2v) is 6.86. The summed E-state index contributed by atoms with van der Waals surface area (Å²) in [7, 11) is 1.74. The molecule has 0 aliphatic carbocycles. The average Bonchev–Trinajstić information content (AvgIpc) is 2.52. The minimum atomic E-state index is -0.185. The fourth-order valence-corrected chi connectivity index (χ4v) is 3.22. The van der Waals surface area contributed by atoms with Gasteiger partial charge in [-0.2, -0.15) is 0 Å². The molecule has 24 heavy (non-hydrogen) atoms. The number of nitrogens with one attached hydrogen (secondary N) is 1. The molecule has 0 radical (unpaired) electrons. The lowest BCUT2D eigenvalue weighted by Gasteiger charge is -2.17. The van der Waals surface area contributed by atoms with Crippen molar-refractivity contribution in [3.63, 3.8) is 0 Å². The van der Waals surface area contributed by atoms with Crippen LogP contribution in [0.1, 0.15) is 24.6 Å². The van der Waals surface area contributed by atoms with E-state index in [0.29, 0.717) is 16.7 Å². The first-order valence-electron chi connectivity index (χ1n) is 7.69. The summed E-state index contributed by atoms with van der Waals surface area (Å²) in [4.78, 5) is 32.5. The van der Waals surface area contributed by atoms with Crippen LogP contribution in [0.25, 0.3) is 0 Å². The van der Waals surface area contributed by atoms with E-state index in [4.69, 9.17) is 11.6 Å². The summed E-state index contributed by atoms with van der Waals surface area (Å²) in [6.07, 6.45) is 1.67. The molecule has 128 valence electrons. The van der Waals surface area contributed by atoms with Crippen LogP contribution < -0.4 is 5.56 Å². The van der Waals surface area contributed by atoms with Gasteiger partial charge in [0.25, 0.3) is 5.56 Å². The number of carbonyl (C=O) groups excluding carboxylic acids is 1. The predicted octanol–water partition coefficient (Wildman–Crippen LogP) is 3.13. The normalized spacial score (nSPS) is 10.6. The number of nitrogens with zero attached hydrogens (tertiary/aromatic N) is 2. The van der Waals surface area contributed by atoms with Crippen molar-refractivity contribution in [1.82, 2.24) is 14.9 Å². The highest BCUT2D eigenvalue weighted by Crippen LogP contribution is 2.15. The zero-order valence-electron chi connectivity index (χ0n) is 13.7. The highest BCUT2D eigenvalue weighted by Gasteiger charge is 2.11. The summed E-state index contributed by atoms with van der Waals surface area (Å²) >= 11 is 7.20. The first-order chi connectivity index (χ1) is 11.5. The molecule has 0 atom stereocenters. The molecule has 1 amide bonds. The maximum Gasteiger partial charge on any atom is 0.251 e. The molecule has 1 aromatic heterocycles. The third-order valence-corrected chi connectivity index (χ3v) is 4.44. The first-order valence-corrected chi connectivity index (χ1v) is 9.05. The van der Waals surface area contributed by atoms with Gasteiger partial charge in [0.1, 0.15) is 0 Å². The van der Waals surface area contributed by atoms with Gasteiger partial charge in [-0.25, -0.2) is 4.98 Å². The van der Waals surface area contributed by atoms with Gasteiger partial charge in [-0.15, -0.1) is 0 Å². The number of hydrogen-bond donors (Lipinski definition) is 1. The van der Waals surface area contributed by atoms with Gasteiger partial charge in [0.05, 0.1) is 5.75 Å². The Morgan fingerprint density at radius 2 is 2.17 bits per heavy atom. The zero-order valence-corrected chi connectivity index (χ0v) is 15.3. The van der Waals surface area contributed by atoms with Crippen LogP contribution in [0.2, 0.25) is 5.02 Å². The fraction of sp³-hybridized carbons (Fsp3) is 0.353. The Hall–Kier alpha value is -1.79. The molecule has 2 aromatic rings. The number of benzene rings is 1. The lowest BCUT2D eigenvalue weighted by molar-refractivity contribution is -0.127. The number of carbonyl (C=O) groups is 1. The molecular weight excluding hydrogens is 346 g/mol. The number of amides is 1. The van der Waals surface area contributed by atoms with Gasteiger partial charge in [-0.05, 0) is 24.1 Å². The van der Waals surface area contributed by atoms with Crippen LogP contribution in [0, 0.1) is 0 Å². The molecule has 1 heterocycles. The second-order valence-electron chi connectivity index (χ2n) is 5.46. The number of halogens is 1. The molecule has 0 bridgehead atoms. The third-order valence-electron chi connectivity index (χ3n) is 3.35. The van der Waals surface area contributed by atoms with E-state index in [1.165, 1.54) is 17.8 Å². The van der Waals surface area contributed by atoms with E-state index in [2.05, 4.69) is 9.97 Å². The predicted molar refractivity (Wildman–Crippen MR) is 97.5 cm³/mol. The maximum atomic E-state index is 12.3. The van der Waals surface area contributed by atoms with Gasteiger partial charge in [0.2, 0.25) is 5.91 Å². The smallest absolute Gasteiger partial charge is 0.251 e. The van der Waals surface area contributed by atoms with Crippen molar-refractivity contribution in [2.45, 2.75) is 31.5 Å². The zero-order chi connectivity index (χ0) is 17.5. The van der Waals surface area contributed by atoms with Crippen LogP contribution in [-0.2, 0) is 17.8 Å². The van der Waals surface area contributed by atoms with Gasteiger partial charge in [-0.1, -0.05) is 48.8 Å². The fourth-order valence-electron chi connectivity index (χ4n) is 2.17. The van der Waals surface area contributed by atoms with Crippen LogP contribution in [0.5, 0.6) is 0 Å². The van der Waals surface area contributed by atoms with Gasteiger partial charge < -0.3 is 9.88 Å². The number of aromatic nitrogens is 2. The number of aromatic amines is 1. The van der Waals surface area contributed by atoms with Crippen molar-refractivity contribution in [1.29, 1.82) is 0 Å². The molecule has 0 spiro atoms. The van der Waals surface area contributed by atoms with Crippen LogP contribution in [-0.4, -0.2) is 33.6 Å². The van der Waals surface area contributed by atoms with E-state index in [-0.39, 0.29) is 17.2 Å². The molecule has 0 unspecified atom stereocenters. The van der Waals surface area contributed by atoms with Crippen LogP contribution in [0.4, 0.5) is 0 Å². The van der Waals surface area contributed by atoms with Crippen molar-refractivity contribution in [2.24, 2.45) is 0 Å². The third kappa shape index (κ3) is 5.69. The van der Waals surface area contributed by atoms with Crippen molar-refractivity contribution in [3.05, 3.63) is 57.0 Å². The van der Waals surface area contributed by atoms with E-state index >= 15 is 0 Å². The quantitative estimate of drug-likeness (QED) is 0.604. The van der Waals surface area contributed by atoms with E-state index in [1.807, 2.05) is 25.1 Å². The van der Waals surface area contributed by atoms with Gasteiger partial charge in [0, 0.05) is 30.4 Å². The Labute approximate surface area is 150 Å². The number of rotatable bonds is 7. The summed E-state index contributed by atoms with van der Waals surface area (Å²) in [5.41, 5.74) is 1.54. The molecular formula is C17H20ClN3O2S. The minimum Gasteiger partial charge on any atom is -0.341 e. The topological polar surface area (TPSA) is 66.1 Å². The molecule has 7 heteroatoms. The molecule has 1 aromatic carbocycles. The van der Waals surface area contributed by atoms with Crippen molar-refractivity contribution < 1.29 is 4.79 Å². The largest absolute Gasteiger partial charge is 0.341 e. The Bertz CT molecular complexity index is 763. The summed E-state index contributed by atoms with van der Waals surface area (Å²) in [6.45, 7) is 2.52. The molecule has 5 nitrogen and oxygen atoms in total. The number of hydrogen-bond acceptors (Lipinski definition) is 4. The van der Waals surface area contributed by atoms with E-state index in [9.17, 15) is 9.59 Å². The molecule has 0 fully saturated rings. The van der Waals surface area contributed by atoms with Crippen molar-refractivity contribution in [2.75, 3.05) is 12.8 Å². The summed E-state index contributed by atoms with van der Waals surface area (Å²) < 4.78 is 0. The van der Waals surface area contributed by atoms with E-state index < -0.39 is 0 Å². The second kappa shape index (κ2) is 8.89. The molecule has 0 aliphatic rings. The standard InChI is InChI=1S/C17H20ClN3O2S/c1-3-5-14-9-15(22)20-17(19-14)24-11-16(23)21(2)10-12-6-4-7-13(18)8-12/h4,6-9H,3,5,10-11H2,1-2H3,(H,19,20,22). The van der Waals surface area contributed by atoms with E-state index in [0.717, 1.165) is 24.1 Å². The van der Waals surface area contributed by atoms with Gasteiger partial charge in [0.15, 0.2) is 5.16 Å². The lowest BCUT2D eigenvalue weighted by Crippen LogP contribution is -2.28. The molecule has 0 saturated heterocycles. The molecule has 0 saturated carbocycles. The van der Waals surface area contributed by atoms with Crippen molar-refractivity contribution >= 4 is 29.3 Å². The summed E-state index contributed by atoms with van der Waals surface area (Å²) in [6, 6.07) is 8.93. The Morgan fingerprint density at radius 1 is 1.38 bits per heavy atom. The molecule has 0 aliphatic heterocycles. The average molecular weight is 366 g/mol. The molecule has 1 N–H and O–H groups in total. The van der Waals surface area contributed by atoms with Gasteiger partial charge >= 0.3 is 0 Å². The SMILES string of the molecule is CCCc1cc(=O)[nH]c(SCC(=O)N(C)Cc2cccc(Cl)c2)n1. The number of aryl methyl sites for hydroxylation is 1. The van der Waals surface area contributed by atoms with E-state index in [1.54, 1.807) is 18.0 Å². The van der Waals surface area contributed by atoms with Gasteiger partial charge in [-0.3, -0.25) is 9.59 Å². The number of H-pyrrole nitrogens is 1. The Balaban J connectivity index is 1.93. The molecule has 2 rings (SSSR count). The minimum absolute atomic E-state index is 0.0384. The lowest BCUT2D eigenvalue weighted by atomic mass is 10.2. The Morgan fingerprint density at radius 3 is 2.88 bits per heavy atom. The highest BCUT2D eigenvalue weighted by atomic mass is 35.5. The summed E-state index contributed by atoms with van der Waals surface area (Å²) in [5, 5.41) is 1.13. The summed E-state index contributed by atoms with van der Waals surface area (Å²) in [5.74, 6) is 0.179. The van der Waals surface area contributed by atoms with Crippen molar-refractivity contribution in [3.8, 4) is 0 Å². The maximum absolute atomic E-state index is 12.3. The Kier molecular flexibility index (Phi) is 6.87. The highest BCUT2D eigenvalue weighted by molar-refractivity contribution is 7.99. The number of thioether (sulfide) groups is 1. The van der Waals surface area contributed by atoms with Crippen LogP contribution >= 0.6 is 23.4 Å². The van der Waals surface area contributed by atoms with Crippen LogP contribution in [0.3, 0.4) is 0 Å². The van der Waals surface area contributed by atoms with Crippen LogP contribution in [0.15, 0.2) is 40.3 Å². The first kappa shape index (κ1) is 18.5.